The van der Waals surface area contributed by atoms with Gasteiger partial charge in [0.1, 0.15) is 11.4 Å². The Morgan fingerprint density at radius 2 is 2.00 bits per heavy atom. The molecule has 1 aromatic rings. The molecule has 1 amide bonds. The van der Waals surface area contributed by atoms with Crippen molar-refractivity contribution in [1.29, 1.82) is 0 Å². The van der Waals surface area contributed by atoms with Gasteiger partial charge in [-0.1, -0.05) is 6.07 Å². The molecule has 132 valence electrons. The molecule has 2 N–H and O–H groups in total. The molecule has 0 radical (unpaired) electrons. The highest BCUT2D eigenvalue weighted by Crippen LogP contribution is 2.37. The molecule has 5 nitrogen and oxygen atoms in total. The van der Waals surface area contributed by atoms with Crippen LogP contribution in [0.2, 0.25) is 0 Å². The van der Waals surface area contributed by atoms with Gasteiger partial charge in [-0.25, -0.2) is 9.18 Å². The molecule has 2 atom stereocenters. The van der Waals surface area contributed by atoms with Crippen molar-refractivity contribution in [3.63, 3.8) is 0 Å². The van der Waals surface area contributed by atoms with Gasteiger partial charge < -0.3 is 20.3 Å². The monoisotopic (exact) mass is 335 g/mol. The second kappa shape index (κ2) is 6.15. The van der Waals surface area contributed by atoms with E-state index < -0.39 is 5.60 Å². The van der Waals surface area contributed by atoms with Gasteiger partial charge in [0.2, 0.25) is 0 Å². The highest BCUT2D eigenvalue weighted by Gasteiger charge is 2.42. The molecule has 0 saturated carbocycles. The molecular formula is C18H26FN3O2. The number of ether oxygens (including phenoxy) is 1. The van der Waals surface area contributed by atoms with Crippen molar-refractivity contribution in [3.8, 4) is 0 Å². The number of fused-ring (bicyclic) bond motifs is 1. The van der Waals surface area contributed by atoms with E-state index >= 15 is 0 Å². The molecule has 1 aromatic carbocycles. The van der Waals surface area contributed by atoms with Crippen LogP contribution >= 0.6 is 0 Å². The molecule has 2 saturated heterocycles. The molecule has 2 heterocycles. The van der Waals surface area contributed by atoms with Crippen LogP contribution in [0, 0.1) is 11.7 Å². The number of para-hydroxylation sites is 1. The highest BCUT2D eigenvalue weighted by atomic mass is 19.1. The molecule has 2 unspecified atom stereocenters. The van der Waals surface area contributed by atoms with Crippen molar-refractivity contribution in [1.82, 2.24) is 4.90 Å². The van der Waals surface area contributed by atoms with Crippen LogP contribution in [-0.2, 0) is 4.74 Å². The number of benzene rings is 1. The van der Waals surface area contributed by atoms with Gasteiger partial charge in [-0.3, -0.25) is 0 Å². The second-order valence-corrected chi connectivity index (χ2v) is 7.70. The Balaban J connectivity index is 1.78. The maximum Gasteiger partial charge on any atom is 0.410 e. The van der Waals surface area contributed by atoms with E-state index in [0.717, 1.165) is 19.4 Å². The lowest BCUT2D eigenvalue weighted by atomic mass is 9.91. The van der Waals surface area contributed by atoms with E-state index in [2.05, 4.69) is 0 Å². The Labute approximate surface area is 142 Å². The highest BCUT2D eigenvalue weighted by molar-refractivity contribution is 5.71. The number of likely N-dealkylation sites (tertiary alicyclic amines) is 1. The fraction of sp³-hybridized carbons (Fsp3) is 0.611. The number of piperidine rings is 1. The summed E-state index contributed by atoms with van der Waals surface area (Å²) < 4.78 is 19.8. The fourth-order valence-electron chi connectivity index (χ4n) is 3.76. The third-order valence-electron chi connectivity index (χ3n) is 4.82. The van der Waals surface area contributed by atoms with Gasteiger partial charge in [0.05, 0.1) is 17.4 Å². The van der Waals surface area contributed by atoms with Crippen LogP contribution in [0.5, 0.6) is 0 Å². The van der Waals surface area contributed by atoms with Crippen LogP contribution in [0.3, 0.4) is 0 Å². The van der Waals surface area contributed by atoms with Crippen molar-refractivity contribution in [2.75, 3.05) is 30.3 Å². The minimum atomic E-state index is -0.514. The van der Waals surface area contributed by atoms with Gasteiger partial charge in [0, 0.05) is 19.6 Å². The number of hydrogen-bond donors (Lipinski definition) is 1. The Morgan fingerprint density at radius 3 is 2.67 bits per heavy atom. The first-order valence-electron chi connectivity index (χ1n) is 8.55. The standard InChI is InChI=1S/C18H26FN3O2/c1-18(2,3)24-17(23)22-10-8-12-7-9-21(11-15(12)22)16-13(19)5-4-6-14(16)20/h4-6,12,15H,7-11,20H2,1-3H3. The second-order valence-electron chi connectivity index (χ2n) is 7.70. The summed E-state index contributed by atoms with van der Waals surface area (Å²) >= 11 is 0. The minimum Gasteiger partial charge on any atom is -0.444 e. The number of carbonyl (C=O) groups excluding carboxylic acids is 1. The number of nitrogen functional groups attached to an aromatic ring is 1. The molecule has 6 heteroatoms. The summed E-state index contributed by atoms with van der Waals surface area (Å²) in [5.74, 6) is 0.136. The number of rotatable bonds is 1. The number of amides is 1. The van der Waals surface area contributed by atoms with Crippen LogP contribution in [0.4, 0.5) is 20.6 Å². The van der Waals surface area contributed by atoms with Crippen molar-refractivity contribution < 1.29 is 13.9 Å². The van der Waals surface area contributed by atoms with E-state index in [1.807, 2.05) is 25.7 Å². The van der Waals surface area contributed by atoms with Crippen LogP contribution < -0.4 is 10.6 Å². The summed E-state index contributed by atoms with van der Waals surface area (Å²) in [5.41, 5.74) is 6.36. The Morgan fingerprint density at radius 1 is 1.29 bits per heavy atom. The molecule has 0 aliphatic carbocycles. The first kappa shape index (κ1) is 16.9. The number of halogens is 1. The lowest BCUT2D eigenvalue weighted by Crippen LogP contribution is -2.51. The van der Waals surface area contributed by atoms with Crippen LogP contribution in [-0.4, -0.2) is 42.3 Å². The van der Waals surface area contributed by atoms with Crippen LogP contribution in [0.25, 0.3) is 0 Å². The topological polar surface area (TPSA) is 58.8 Å². The van der Waals surface area contributed by atoms with Crippen molar-refractivity contribution in [2.24, 2.45) is 5.92 Å². The van der Waals surface area contributed by atoms with E-state index in [1.54, 1.807) is 17.0 Å². The van der Waals surface area contributed by atoms with Crippen molar-refractivity contribution >= 4 is 17.5 Å². The van der Waals surface area contributed by atoms with Crippen molar-refractivity contribution in [2.45, 2.75) is 45.3 Å². The largest absolute Gasteiger partial charge is 0.444 e. The summed E-state index contributed by atoms with van der Waals surface area (Å²) in [7, 11) is 0. The number of carbonyl (C=O) groups is 1. The van der Waals surface area contributed by atoms with Gasteiger partial charge in [-0.05, 0) is 51.7 Å². The van der Waals surface area contributed by atoms with E-state index in [9.17, 15) is 9.18 Å². The molecule has 2 aliphatic heterocycles. The molecule has 0 bridgehead atoms. The normalized spacial score (nSPS) is 24.0. The number of nitrogens with two attached hydrogens (primary N) is 1. The Bertz CT molecular complexity index is 609. The average Bonchev–Trinajstić information content (AvgIpc) is 2.88. The SMILES string of the molecule is CC(C)(C)OC(=O)N1CCC2CCN(c3c(N)cccc3F)CC21. The van der Waals surface area contributed by atoms with Gasteiger partial charge in [-0.15, -0.1) is 0 Å². The van der Waals surface area contributed by atoms with E-state index in [4.69, 9.17) is 10.5 Å². The van der Waals surface area contributed by atoms with Crippen molar-refractivity contribution in [3.05, 3.63) is 24.0 Å². The lowest BCUT2D eigenvalue weighted by Gasteiger charge is -2.40. The Hall–Kier alpha value is -1.98. The van der Waals surface area contributed by atoms with E-state index in [1.165, 1.54) is 6.07 Å². The van der Waals surface area contributed by atoms with Crippen LogP contribution in [0.1, 0.15) is 33.6 Å². The first-order valence-corrected chi connectivity index (χ1v) is 8.55. The summed E-state index contributed by atoms with van der Waals surface area (Å²) in [5, 5.41) is 0. The van der Waals surface area contributed by atoms with Gasteiger partial charge in [0.15, 0.2) is 0 Å². The third-order valence-corrected chi connectivity index (χ3v) is 4.82. The predicted molar refractivity (Wildman–Crippen MR) is 92.5 cm³/mol. The summed E-state index contributed by atoms with van der Waals surface area (Å²) in [6.45, 7) is 7.65. The van der Waals surface area contributed by atoms with Gasteiger partial charge in [-0.2, -0.15) is 0 Å². The molecule has 2 fully saturated rings. The molecule has 0 spiro atoms. The smallest absolute Gasteiger partial charge is 0.410 e. The molecule has 0 aromatic heterocycles. The minimum absolute atomic E-state index is 0.0487. The zero-order valence-electron chi connectivity index (χ0n) is 14.6. The lowest BCUT2D eigenvalue weighted by molar-refractivity contribution is 0.0203. The summed E-state index contributed by atoms with van der Waals surface area (Å²) in [4.78, 5) is 16.3. The number of hydrogen-bond acceptors (Lipinski definition) is 4. The summed E-state index contributed by atoms with van der Waals surface area (Å²) in [6, 6.07) is 4.80. The first-order chi connectivity index (χ1) is 11.3. The zero-order valence-corrected chi connectivity index (χ0v) is 14.6. The predicted octanol–water partition coefficient (Wildman–Crippen LogP) is 3.24. The third kappa shape index (κ3) is 3.28. The van der Waals surface area contributed by atoms with Gasteiger partial charge in [0.25, 0.3) is 0 Å². The molecule has 2 aliphatic rings. The molecular weight excluding hydrogens is 309 g/mol. The molecule has 3 rings (SSSR count). The maximum absolute atomic E-state index is 14.2. The fourth-order valence-corrected chi connectivity index (χ4v) is 3.76. The quantitative estimate of drug-likeness (QED) is 0.801. The average molecular weight is 335 g/mol. The Kier molecular flexibility index (Phi) is 4.32. The van der Waals surface area contributed by atoms with E-state index in [-0.39, 0.29) is 18.0 Å². The number of anilines is 2. The zero-order chi connectivity index (χ0) is 17.5. The summed E-state index contributed by atoms with van der Waals surface area (Å²) in [6.07, 6.45) is 1.63. The molecule has 24 heavy (non-hydrogen) atoms. The van der Waals surface area contributed by atoms with E-state index in [0.29, 0.717) is 30.4 Å². The maximum atomic E-state index is 14.2. The van der Waals surface area contributed by atoms with Gasteiger partial charge >= 0.3 is 6.09 Å². The number of nitrogens with zero attached hydrogens (tertiary/aromatic N) is 2. The van der Waals surface area contributed by atoms with Crippen LogP contribution in [0.15, 0.2) is 18.2 Å².